The molecule has 2 N–H and O–H groups in total. The minimum absolute atomic E-state index is 0.0158. The van der Waals surface area contributed by atoms with E-state index in [0.29, 0.717) is 23.1 Å². The van der Waals surface area contributed by atoms with Crippen LogP contribution in [0.2, 0.25) is 5.02 Å². The van der Waals surface area contributed by atoms with Crippen molar-refractivity contribution in [3.8, 4) is 11.1 Å². The van der Waals surface area contributed by atoms with Crippen LogP contribution in [0.4, 0.5) is 14.5 Å². The summed E-state index contributed by atoms with van der Waals surface area (Å²) in [5.41, 5.74) is 2.57. The second-order valence-electron chi connectivity index (χ2n) is 8.33. The van der Waals surface area contributed by atoms with Gasteiger partial charge in [-0.3, -0.25) is 14.6 Å². The summed E-state index contributed by atoms with van der Waals surface area (Å²) in [6.45, 7) is -0.690. The predicted octanol–water partition coefficient (Wildman–Crippen LogP) is 4.40. The number of hydrogen-bond acceptors (Lipinski definition) is 4. The second-order valence-corrected chi connectivity index (χ2v) is 8.74. The number of carbonyl (C=O) groups is 1. The van der Waals surface area contributed by atoms with Gasteiger partial charge in [-0.25, -0.2) is 13.9 Å². The van der Waals surface area contributed by atoms with Crippen LogP contribution in [0, 0.1) is 17.7 Å². The number of halogens is 3. The van der Waals surface area contributed by atoms with E-state index < -0.39 is 12.5 Å². The van der Waals surface area contributed by atoms with Gasteiger partial charge in [0.25, 0.3) is 5.56 Å². The van der Waals surface area contributed by atoms with Gasteiger partial charge in [-0.15, -0.1) is 0 Å². The fourth-order valence-corrected chi connectivity index (χ4v) is 5.29. The van der Waals surface area contributed by atoms with Gasteiger partial charge in [-0.2, -0.15) is 5.10 Å². The number of aromatic nitrogens is 3. The van der Waals surface area contributed by atoms with Crippen LogP contribution in [0.5, 0.6) is 0 Å². The van der Waals surface area contributed by atoms with Crippen molar-refractivity contribution in [2.75, 3.05) is 5.32 Å². The smallest absolute Gasteiger partial charge is 0.264 e. The van der Waals surface area contributed by atoms with Gasteiger partial charge in [0.05, 0.1) is 16.4 Å². The predicted molar refractivity (Wildman–Crippen MR) is 116 cm³/mol. The van der Waals surface area contributed by atoms with Gasteiger partial charge in [0, 0.05) is 47.0 Å². The van der Waals surface area contributed by atoms with Crippen LogP contribution < -0.4 is 10.9 Å². The quantitative estimate of drug-likeness (QED) is 0.609. The first kappa shape index (κ1) is 20.8. The molecule has 2 heterocycles. The maximum absolute atomic E-state index is 14.9. The summed E-state index contributed by atoms with van der Waals surface area (Å²) in [6, 6.07) is 5.68. The van der Waals surface area contributed by atoms with E-state index in [1.807, 2.05) is 0 Å². The van der Waals surface area contributed by atoms with Gasteiger partial charge >= 0.3 is 0 Å². The molecule has 5 rings (SSSR count). The lowest BCUT2D eigenvalue weighted by Gasteiger charge is -2.30. The molecule has 3 atom stereocenters. The van der Waals surface area contributed by atoms with E-state index in [-0.39, 0.29) is 39.9 Å². The third-order valence-corrected chi connectivity index (χ3v) is 6.73. The lowest BCUT2D eigenvalue weighted by Crippen LogP contribution is -2.35. The van der Waals surface area contributed by atoms with Crippen molar-refractivity contribution in [1.29, 1.82) is 0 Å². The standard InChI is InChI=1S/C23H19ClF2N4O2/c24-17-7-19(18(26)6-16(17)14-3-11(8-25)9-27-10-14)28-23(32)21-12-1-2-15(21)22-13(4-12)5-20(31)29-30-22/h3,5-7,9-10,12,15,21H,1-2,4,8H2,(H,28,32)(H,29,31)/t12-,15+,21?/m0/s1. The Hall–Kier alpha value is -3.13. The number of hydrogen-bond donors (Lipinski definition) is 2. The number of carbonyl (C=O) groups excluding carboxylic acids is 1. The molecule has 1 unspecified atom stereocenters. The number of rotatable bonds is 4. The molecule has 0 saturated heterocycles. The summed E-state index contributed by atoms with van der Waals surface area (Å²) < 4.78 is 27.8. The molecular weight excluding hydrogens is 438 g/mol. The molecule has 9 heteroatoms. The first-order valence-corrected chi connectivity index (χ1v) is 10.7. The second kappa shape index (κ2) is 8.09. The zero-order chi connectivity index (χ0) is 22.4. The van der Waals surface area contributed by atoms with Crippen LogP contribution in [-0.4, -0.2) is 21.1 Å². The molecule has 2 aliphatic rings. The molecule has 1 saturated carbocycles. The molecule has 1 aromatic carbocycles. The topological polar surface area (TPSA) is 87.7 Å². The Morgan fingerprint density at radius 1 is 1.22 bits per heavy atom. The fourth-order valence-electron chi connectivity index (χ4n) is 5.02. The normalized spacial score (nSPS) is 21.3. The summed E-state index contributed by atoms with van der Waals surface area (Å²) >= 11 is 6.37. The lowest BCUT2D eigenvalue weighted by atomic mass is 9.77. The van der Waals surface area contributed by atoms with Gasteiger partial charge in [-0.05, 0) is 48.9 Å². The van der Waals surface area contributed by atoms with Crippen LogP contribution in [0.25, 0.3) is 11.1 Å². The van der Waals surface area contributed by atoms with Crippen molar-refractivity contribution in [2.45, 2.75) is 31.9 Å². The van der Waals surface area contributed by atoms with Crippen LogP contribution in [0.15, 0.2) is 41.5 Å². The number of H-pyrrole nitrogens is 1. The number of anilines is 1. The summed E-state index contributed by atoms with van der Waals surface area (Å²) in [6.07, 6.45) is 5.10. The molecule has 6 nitrogen and oxygen atoms in total. The third kappa shape index (κ3) is 3.58. The van der Waals surface area contributed by atoms with Crippen LogP contribution in [0.3, 0.4) is 0 Å². The largest absolute Gasteiger partial charge is 0.323 e. The highest BCUT2D eigenvalue weighted by molar-refractivity contribution is 6.33. The van der Waals surface area contributed by atoms with Crippen molar-refractivity contribution in [1.82, 2.24) is 15.2 Å². The Labute approximate surface area is 187 Å². The molecule has 1 fully saturated rings. The number of nitrogens with one attached hydrogen (secondary N) is 2. The molecule has 0 radical (unpaired) electrons. The molecule has 0 spiro atoms. The Kier molecular flexibility index (Phi) is 5.25. The average molecular weight is 457 g/mol. The molecular formula is C23H19ClF2N4O2. The minimum Gasteiger partial charge on any atom is -0.323 e. The molecule has 1 amide bonds. The van der Waals surface area contributed by atoms with Crippen molar-refractivity contribution in [2.24, 2.45) is 11.8 Å². The van der Waals surface area contributed by atoms with Crippen molar-refractivity contribution >= 4 is 23.2 Å². The van der Waals surface area contributed by atoms with Gasteiger partial charge in [0.1, 0.15) is 12.5 Å². The fraction of sp³-hybridized carbons (Fsp3) is 0.304. The maximum atomic E-state index is 14.9. The summed E-state index contributed by atoms with van der Waals surface area (Å²) in [5, 5.41) is 9.55. The van der Waals surface area contributed by atoms with Gasteiger partial charge in [0.15, 0.2) is 0 Å². The monoisotopic (exact) mass is 456 g/mol. The van der Waals surface area contributed by atoms with Gasteiger partial charge in [0.2, 0.25) is 5.91 Å². The SMILES string of the molecule is O=C(Nc1cc(Cl)c(-c2cncc(CF)c2)cc1F)C1[C@H]2CC[C@H]1c1n[nH]c(=O)cc1C2. The molecule has 2 bridgehead atoms. The van der Waals surface area contributed by atoms with Crippen molar-refractivity contribution in [3.63, 3.8) is 0 Å². The highest BCUT2D eigenvalue weighted by Gasteiger charge is 2.47. The Balaban J connectivity index is 1.41. The number of aromatic amines is 1. The number of benzene rings is 1. The molecule has 2 aromatic heterocycles. The Morgan fingerprint density at radius 2 is 2.06 bits per heavy atom. The van der Waals surface area contributed by atoms with Crippen LogP contribution in [0.1, 0.15) is 35.6 Å². The van der Waals surface area contributed by atoms with Crippen molar-refractivity contribution < 1.29 is 13.6 Å². The Morgan fingerprint density at radius 3 is 2.88 bits per heavy atom. The first-order chi connectivity index (χ1) is 15.4. The number of pyridine rings is 1. The molecule has 32 heavy (non-hydrogen) atoms. The Bertz CT molecular complexity index is 1280. The summed E-state index contributed by atoms with van der Waals surface area (Å²) in [7, 11) is 0. The zero-order valence-electron chi connectivity index (χ0n) is 16.9. The maximum Gasteiger partial charge on any atom is 0.264 e. The minimum atomic E-state index is -0.690. The molecule has 3 aromatic rings. The van der Waals surface area contributed by atoms with E-state index in [1.54, 1.807) is 12.1 Å². The highest BCUT2D eigenvalue weighted by atomic mass is 35.5. The van der Waals surface area contributed by atoms with Gasteiger partial charge < -0.3 is 5.32 Å². The first-order valence-electron chi connectivity index (χ1n) is 10.3. The molecule has 2 aliphatic carbocycles. The summed E-state index contributed by atoms with van der Waals surface area (Å²) in [4.78, 5) is 28.7. The number of amides is 1. The number of nitrogens with zero attached hydrogens (tertiary/aromatic N) is 2. The highest BCUT2D eigenvalue weighted by Crippen LogP contribution is 2.49. The zero-order valence-corrected chi connectivity index (χ0v) is 17.6. The van der Waals surface area contributed by atoms with Crippen molar-refractivity contribution in [3.05, 3.63) is 74.7 Å². The van der Waals surface area contributed by atoms with Crippen LogP contribution in [-0.2, 0) is 17.9 Å². The van der Waals surface area contributed by atoms with E-state index >= 15 is 0 Å². The van der Waals surface area contributed by atoms with E-state index in [4.69, 9.17) is 11.6 Å². The summed E-state index contributed by atoms with van der Waals surface area (Å²) in [5.74, 6) is -1.34. The average Bonchev–Trinajstić information content (AvgIpc) is 3.11. The lowest BCUT2D eigenvalue weighted by molar-refractivity contribution is -0.121. The third-order valence-electron chi connectivity index (χ3n) is 6.42. The molecule has 0 aliphatic heterocycles. The van der Waals surface area contributed by atoms with Crippen LogP contribution >= 0.6 is 11.6 Å². The van der Waals surface area contributed by atoms with Gasteiger partial charge in [-0.1, -0.05) is 11.6 Å². The van der Waals surface area contributed by atoms with E-state index in [1.165, 1.54) is 24.5 Å². The van der Waals surface area contributed by atoms with E-state index in [0.717, 1.165) is 24.1 Å². The van der Waals surface area contributed by atoms with E-state index in [2.05, 4.69) is 20.5 Å². The number of alkyl halides is 1. The molecule has 164 valence electrons. The van der Waals surface area contributed by atoms with E-state index in [9.17, 15) is 18.4 Å². The number of fused-ring (bicyclic) bond motifs is 4.